The normalized spacial score (nSPS) is 13.7. The second-order valence-corrected chi connectivity index (χ2v) is 6.64. The molecule has 0 radical (unpaired) electrons. The lowest BCUT2D eigenvalue weighted by molar-refractivity contribution is -0.147. The summed E-state index contributed by atoms with van der Waals surface area (Å²) in [5.41, 5.74) is 1.64. The predicted molar refractivity (Wildman–Crippen MR) is 102 cm³/mol. The average Bonchev–Trinajstić information content (AvgIpc) is 3.16. The Bertz CT molecular complexity index is 979. The van der Waals surface area contributed by atoms with Gasteiger partial charge in [-0.05, 0) is 48.9 Å². The van der Waals surface area contributed by atoms with Crippen LogP contribution in [0.5, 0.6) is 11.5 Å². The smallest absolute Gasteiger partial charge is 0.313 e. The van der Waals surface area contributed by atoms with E-state index in [1.807, 2.05) is 31.2 Å². The van der Waals surface area contributed by atoms with Crippen LogP contribution in [0.3, 0.4) is 0 Å². The highest BCUT2D eigenvalue weighted by Crippen LogP contribution is 2.24. The van der Waals surface area contributed by atoms with Gasteiger partial charge >= 0.3 is 11.8 Å². The van der Waals surface area contributed by atoms with Gasteiger partial charge in [0.2, 0.25) is 0 Å². The van der Waals surface area contributed by atoms with Crippen molar-refractivity contribution in [1.29, 1.82) is 0 Å². The second-order valence-electron chi connectivity index (χ2n) is 6.64. The van der Waals surface area contributed by atoms with E-state index in [9.17, 15) is 9.59 Å². The molecular formula is C20H19N5O3. The van der Waals surface area contributed by atoms with Gasteiger partial charge in [0.1, 0.15) is 11.5 Å². The maximum atomic E-state index is 12.2. The van der Waals surface area contributed by atoms with Gasteiger partial charge < -0.3 is 15.0 Å². The Morgan fingerprint density at radius 1 is 1.11 bits per heavy atom. The molecule has 1 aromatic heterocycles. The zero-order chi connectivity index (χ0) is 19.5. The van der Waals surface area contributed by atoms with Crippen molar-refractivity contribution in [2.45, 2.75) is 13.0 Å². The minimum atomic E-state index is -0.663. The summed E-state index contributed by atoms with van der Waals surface area (Å²) >= 11 is 0. The molecule has 1 aliphatic heterocycles. The molecule has 0 bridgehead atoms. The number of carbonyl (C=O) groups is 2. The van der Waals surface area contributed by atoms with Crippen molar-refractivity contribution in [3.8, 4) is 11.5 Å². The van der Waals surface area contributed by atoms with Crippen LogP contribution in [0, 0.1) is 6.92 Å². The van der Waals surface area contributed by atoms with E-state index in [2.05, 4.69) is 15.6 Å². The molecule has 1 fully saturated rings. The van der Waals surface area contributed by atoms with Crippen LogP contribution in [-0.4, -0.2) is 44.8 Å². The first-order valence-corrected chi connectivity index (χ1v) is 8.89. The second kappa shape index (κ2) is 7.51. The molecule has 1 aliphatic rings. The molecular weight excluding hydrogens is 358 g/mol. The summed E-state index contributed by atoms with van der Waals surface area (Å²) in [5.74, 6) is 0.167. The number of ether oxygens (including phenoxy) is 1. The highest BCUT2D eigenvalue weighted by Gasteiger charge is 2.35. The van der Waals surface area contributed by atoms with E-state index in [4.69, 9.17) is 4.74 Å². The first-order chi connectivity index (χ1) is 13.6. The van der Waals surface area contributed by atoms with E-state index in [-0.39, 0.29) is 6.04 Å². The van der Waals surface area contributed by atoms with Crippen molar-refractivity contribution in [2.24, 2.45) is 0 Å². The lowest BCUT2D eigenvalue weighted by Crippen LogP contribution is -2.54. The fourth-order valence-electron chi connectivity index (χ4n) is 2.95. The first kappa shape index (κ1) is 17.7. The van der Waals surface area contributed by atoms with Gasteiger partial charge in [-0.15, -0.1) is 5.10 Å². The molecule has 2 aromatic carbocycles. The standard InChI is InChI=1S/C20H19N5O3/c1-14-3-2-4-18(11-14)28-17-7-5-15(6-8-17)22-19(26)20(27)24-12-16(13-24)25-10-9-21-23-25/h2-11,16H,12-13H2,1H3,(H,22,26). The molecule has 0 saturated carbocycles. The SMILES string of the molecule is Cc1cccc(Oc2ccc(NC(=O)C(=O)N3CC(n4ccnn4)C3)cc2)c1. The van der Waals surface area contributed by atoms with E-state index >= 15 is 0 Å². The summed E-state index contributed by atoms with van der Waals surface area (Å²) in [5, 5.41) is 10.3. The van der Waals surface area contributed by atoms with Gasteiger partial charge in [-0.2, -0.15) is 0 Å². The van der Waals surface area contributed by atoms with Crippen molar-refractivity contribution >= 4 is 17.5 Å². The van der Waals surface area contributed by atoms with E-state index in [0.717, 1.165) is 11.3 Å². The molecule has 3 aromatic rings. The van der Waals surface area contributed by atoms with Gasteiger partial charge in [-0.3, -0.25) is 9.59 Å². The van der Waals surface area contributed by atoms with Crippen LogP contribution >= 0.6 is 0 Å². The maximum absolute atomic E-state index is 12.2. The summed E-state index contributed by atoms with van der Waals surface area (Å²) < 4.78 is 7.47. The molecule has 4 rings (SSSR count). The number of amides is 2. The van der Waals surface area contributed by atoms with Crippen molar-refractivity contribution in [3.63, 3.8) is 0 Å². The van der Waals surface area contributed by atoms with Crippen molar-refractivity contribution in [1.82, 2.24) is 19.9 Å². The third-order valence-corrected chi connectivity index (χ3v) is 4.50. The van der Waals surface area contributed by atoms with Gasteiger partial charge in [0, 0.05) is 25.0 Å². The van der Waals surface area contributed by atoms with Crippen LogP contribution in [0.4, 0.5) is 5.69 Å². The number of rotatable bonds is 4. The summed E-state index contributed by atoms with van der Waals surface area (Å²) in [7, 11) is 0. The number of likely N-dealkylation sites (tertiary alicyclic amines) is 1. The Kier molecular flexibility index (Phi) is 4.76. The molecule has 1 saturated heterocycles. The Labute approximate surface area is 161 Å². The lowest BCUT2D eigenvalue weighted by atomic mass is 10.1. The number of aryl methyl sites for hydroxylation is 1. The van der Waals surface area contributed by atoms with Gasteiger partial charge in [-0.25, -0.2) is 4.68 Å². The molecule has 0 aliphatic carbocycles. The van der Waals surface area contributed by atoms with E-state index in [0.29, 0.717) is 24.5 Å². The van der Waals surface area contributed by atoms with Gasteiger partial charge in [0.25, 0.3) is 0 Å². The molecule has 8 nitrogen and oxygen atoms in total. The molecule has 0 unspecified atom stereocenters. The molecule has 0 atom stereocenters. The lowest BCUT2D eigenvalue weighted by Gasteiger charge is -2.38. The third-order valence-electron chi connectivity index (χ3n) is 4.50. The number of carbonyl (C=O) groups excluding carboxylic acids is 2. The summed E-state index contributed by atoms with van der Waals surface area (Å²) in [6.07, 6.45) is 3.33. The number of hydrogen-bond donors (Lipinski definition) is 1. The van der Waals surface area contributed by atoms with Gasteiger partial charge in [0.05, 0.1) is 12.2 Å². The minimum Gasteiger partial charge on any atom is -0.457 e. The topological polar surface area (TPSA) is 89.4 Å². The van der Waals surface area contributed by atoms with Crippen molar-refractivity contribution in [3.05, 3.63) is 66.5 Å². The largest absolute Gasteiger partial charge is 0.457 e. The molecule has 0 spiro atoms. The fraction of sp³-hybridized carbons (Fsp3) is 0.200. The summed E-state index contributed by atoms with van der Waals surface area (Å²) in [4.78, 5) is 25.9. The first-order valence-electron chi connectivity index (χ1n) is 8.89. The Morgan fingerprint density at radius 3 is 2.57 bits per heavy atom. The minimum absolute atomic E-state index is 0.0669. The van der Waals surface area contributed by atoms with Crippen LogP contribution in [0.1, 0.15) is 11.6 Å². The number of hydrogen-bond acceptors (Lipinski definition) is 5. The van der Waals surface area contributed by atoms with Crippen molar-refractivity contribution < 1.29 is 14.3 Å². The monoisotopic (exact) mass is 377 g/mol. The van der Waals surface area contributed by atoms with Crippen LogP contribution in [0.2, 0.25) is 0 Å². The zero-order valence-electron chi connectivity index (χ0n) is 15.3. The predicted octanol–water partition coefficient (Wildman–Crippen LogP) is 2.40. The molecule has 2 amide bonds. The molecule has 28 heavy (non-hydrogen) atoms. The number of benzene rings is 2. The average molecular weight is 377 g/mol. The Hall–Kier alpha value is -3.68. The summed E-state index contributed by atoms with van der Waals surface area (Å²) in [6, 6.07) is 14.7. The number of nitrogens with one attached hydrogen (secondary N) is 1. The molecule has 8 heteroatoms. The van der Waals surface area contributed by atoms with E-state index in [1.54, 1.807) is 41.3 Å². The molecule has 2 heterocycles. The van der Waals surface area contributed by atoms with Crippen LogP contribution in [0.15, 0.2) is 60.9 Å². The molecule has 1 N–H and O–H groups in total. The van der Waals surface area contributed by atoms with Gasteiger partial charge in [0.15, 0.2) is 0 Å². The highest BCUT2D eigenvalue weighted by molar-refractivity contribution is 6.39. The van der Waals surface area contributed by atoms with Crippen LogP contribution in [0.25, 0.3) is 0 Å². The number of nitrogens with zero attached hydrogens (tertiary/aromatic N) is 4. The Balaban J connectivity index is 1.30. The van der Waals surface area contributed by atoms with E-state index in [1.165, 1.54) is 4.90 Å². The third kappa shape index (κ3) is 3.85. The van der Waals surface area contributed by atoms with Crippen LogP contribution in [-0.2, 0) is 9.59 Å². The van der Waals surface area contributed by atoms with Gasteiger partial charge in [-0.1, -0.05) is 17.3 Å². The zero-order valence-corrected chi connectivity index (χ0v) is 15.3. The van der Waals surface area contributed by atoms with Crippen molar-refractivity contribution in [2.75, 3.05) is 18.4 Å². The van der Waals surface area contributed by atoms with E-state index < -0.39 is 11.8 Å². The maximum Gasteiger partial charge on any atom is 0.313 e. The Morgan fingerprint density at radius 2 is 1.89 bits per heavy atom. The molecule has 142 valence electrons. The highest BCUT2D eigenvalue weighted by atomic mass is 16.5. The number of aromatic nitrogens is 3. The fourth-order valence-corrected chi connectivity index (χ4v) is 2.95. The van der Waals surface area contributed by atoms with Crippen LogP contribution < -0.4 is 10.1 Å². The number of anilines is 1. The summed E-state index contributed by atoms with van der Waals surface area (Å²) in [6.45, 7) is 2.88. The quantitative estimate of drug-likeness (QED) is 0.705.